The van der Waals surface area contributed by atoms with Crippen molar-refractivity contribution in [3.63, 3.8) is 0 Å². The lowest BCUT2D eigenvalue weighted by Crippen LogP contribution is -2.33. The molecule has 1 atom stereocenters. The van der Waals surface area contributed by atoms with E-state index in [0.717, 1.165) is 29.0 Å². The van der Waals surface area contributed by atoms with Gasteiger partial charge in [-0.1, -0.05) is 43.0 Å². The van der Waals surface area contributed by atoms with Gasteiger partial charge < -0.3 is 5.11 Å². The van der Waals surface area contributed by atoms with Crippen molar-refractivity contribution in [2.75, 3.05) is 0 Å². The monoisotopic (exact) mass is 252 g/mol. The van der Waals surface area contributed by atoms with Gasteiger partial charge in [-0.3, -0.25) is 0 Å². The molecule has 94 valence electrons. The second kappa shape index (κ2) is 4.99. The van der Waals surface area contributed by atoms with Crippen molar-refractivity contribution in [1.29, 1.82) is 0 Å². The maximum Gasteiger partial charge on any atom is 0.0897 e. The van der Waals surface area contributed by atoms with E-state index < -0.39 is 5.60 Å². The Kier molecular flexibility index (Phi) is 3.79. The van der Waals surface area contributed by atoms with Gasteiger partial charge >= 0.3 is 0 Å². The van der Waals surface area contributed by atoms with E-state index in [-0.39, 0.29) is 0 Å². The average Bonchev–Trinajstić information content (AvgIpc) is 2.33. The standard InChI is InChI=1S/C15H21ClO/c1-11-8-9-13(10-14(11)16)15(2,17)12-6-4-3-5-7-12/h8-10,12,17H,3-7H2,1-2H3. The van der Waals surface area contributed by atoms with Crippen LogP contribution in [-0.4, -0.2) is 5.11 Å². The quantitative estimate of drug-likeness (QED) is 0.825. The van der Waals surface area contributed by atoms with E-state index in [9.17, 15) is 5.11 Å². The Labute approximate surface area is 109 Å². The highest BCUT2D eigenvalue weighted by Crippen LogP contribution is 2.39. The summed E-state index contributed by atoms with van der Waals surface area (Å²) in [6, 6.07) is 5.93. The first-order chi connectivity index (χ1) is 8.01. The summed E-state index contributed by atoms with van der Waals surface area (Å²) in [5.74, 6) is 0.370. The molecule has 1 N–H and O–H groups in total. The molecular weight excluding hydrogens is 232 g/mol. The van der Waals surface area contributed by atoms with Crippen LogP contribution in [0, 0.1) is 12.8 Å². The first-order valence-corrected chi connectivity index (χ1v) is 6.88. The predicted molar refractivity (Wildman–Crippen MR) is 72.3 cm³/mol. The molecule has 0 radical (unpaired) electrons. The Morgan fingerprint density at radius 2 is 1.88 bits per heavy atom. The van der Waals surface area contributed by atoms with Crippen LogP contribution in [0.15, 0.2) is 18.2 Å². The number of benzene rings is 1. The second-order valence-electron chi connectivity index (χ2n) is 5.45. The molecular formula is C15H21ClO. The fourth-order valence-electron chi connectivity index (χ4n) is 2.81. The fourth-order valence-corrected chi connectivity index (χ4v) is 2.99. The molecule has 0 saturated heterocycles. The summed E-state index contributed by atoms with van der Waals surface area (Å²) in [6.45, 7) is 3.92. The molecule has 2 heteroatoms. The number of aliphatic hydroxyl groups is 1. The maximum absolute atomic E-state index is 10.8. The third-order valence-electron chi connectivity index (χ3n) is 4.16. The lowest BCUT2D eigenvalue weighted by molar-refractivity contribution is -0.0215. The van der Waals surface area contributed by atoms with Crippen LogP contribution in [0.25, 0.3) is 0 Å². The molecule has 0 aromatic heterocycles. The van der Waals surface area contributed by atoms with Crippen LogP contribution in [0.4, 0.5) is 0 Å². The third kappa shape index (κ3) is 2.66. The van der Waals surface area contributed by atoms with Gasteiger partial charge in [-0.2, -0.15) is 0 Å². The van der Waals surface area contributed by atoms with Crippen LogP contribution in [0.3, 0.4) is 0 Å². The first kappa shape index (κ1) is 12.9. The van der Waals surface area contributed by atoms with Crippen molar-refractivity contribution in [3.05, 3.63) is 34.3 Å². The summed E-state index contributed by atoms with van der Waals surface area (Å²) in [5, 5.41) is 11.5. The molecule has 1 aliphatic rings. The van der Waals surface area contributed by atoms with Gasteiger partial charge in [0, 0.05) is 5.02 Å². The van der Waals surface area contributed by atoms with Crippen molar-refractivity contribution in [2.24, 2.45) is 5.92 Å². The largest absolute Gasteiger partial charge is 0.385 e. The third-order valence-corrected chi connectivity index (χ3v) is 4.56. The van der Waals surface area contributed by atoms with Gasteiger partial charge in [0.15, 0.2) is 0 Å². The zero-order valence-electron chi connectivity index (χ0n) is 10.7. The van der Waals surface area contributed by atoms with Crippen molar-refractivity contribution >= 4 is 11.6 Å². The van der Waals surface area contributed by atoms with Gasteiger partial charge in [0.05, 0.1) is 5.60 Å². The van der Waals surface area contributed by atoms with Crippen molar-refractivity contribution in [3.8, 4) is 0 Å². The summed E-state index contributed by atoms with van der Waals surface area (Å²) >= 11 is 6.15. The fraction of sp³-hybridized carbons (Fsp3) is 0.600. The molecule has 17 heavy (non-hydrogen) atoms. The summed E-state index contributed by atoms with van der Waals surface area (Å²) in [4.78, 5) is 0. The Bertz CT molecular complexity index is 392. The van der Waals surface area contributed by atoms with E-state index in [2.05, 4.69) is 0 Å². The smallest absolute Gasteiger partial charge is 0.0897 e. The number of hydrogen-bond acceptors (Lipinski definition) is 1. The summed E-state index contributed by atoms with van der Waals surface area (Å²) in [6.07, 6.45) is 6.03. The molecule has 1 nitrogen and oxygen atoms in total. The van der Waals surface area contributed by atoms with Crippen molar-refractivity contribution < 1.29 is 5.11 Å². The van der Waals surface area contributed by atoms with Crippen LogP contribution in [0.5, 0.6) is 0 Å². The van der Waals surface area contributed by atoms with Crippen LogP contribution in [0.2, 0.25) is 5.02 Å². The topological polar surface area (TPSA) is 20.2 Å². The van der Waals surface area contributed by atoms with Crippen LogP contribution in [-0.2, 0) is 5.60 Å². The number of hydrogen-bond donors (Lipinski definition) is 1. The van der Waals surface area contributed by atoms with Gasteiger partial charge in [0.2, 0.25) is 0 Å². The molecule has 0 heterocycles. The van der Waals surface area contributed by atoms with Crippen LogP contribution < -0.4 is 0 Å². The molecule has 1 unspecified atom stereocenters. The van der Waals surface area contributed by atoms with Gasteiger partial charge in [0.1, 0.15) is 0 Å². The number of rotatable bonds is 2. The SMILES string of the molecule is Cc1ccc(C(C)(O)C2CCCCC2)cc1Cl. The minimum Gasteiger partial charge on any atom is -0.385 e. The molecule has 2 rings (SSSR count). The normalized spacial score (nSPS) is 21.2. The molecule has 1 aromatic carbocycles. The van der Waals surface area contributed by atoms with E-state index in [1.54, 1.807) is 0 Å². The van der Waals surface area contributed by atoms with Crippen LogP contribution >= 0.6 is 11.6 Å². The molecule has 1 aliphatic carbocycles. The van der Waals surface area contributed by atoms with Crippen molar-refractivity contribution in [1.82, 2.24) is 0 Å². The van der Waals surface area contributed by atoms with Gasteiger partial charge in [-0.15, -0.1) is 0 Å². The number of halogens is 1. The minimum absolute atomic E-state index is 0.370. The Morgan fingerprint density at radius 3 is 2.47 bits per heavy atom. The summed E-state index contributed by atoms with van der Waals surface area (Å²) in [7, 11) is 0. The second-order valence-corrected chi connectivity index (χ2v) is 5.85. The Hall–Kier alpha value is -0.530. The van der Waals surface area contributed by atoms with E-state index in [1.807, 2.05) is 32.0 Å². The van der Waals surface area contributed by atoms with E-state index in [0.29, 0.717) is 5.92 Å². The highest BCUT2D eigenvalue weighted by atomic mass is 35.5. The van der Waals surface area contributed by atoms with Gasteiger partial charge in [-0.25, -0.2) is 0 Å². The Morgan fingerprint density at radius 1 is 1.24 bits per heavy atom. The maximum atomic E-state index is 10.8. The van der Waals surface area contributed by atoms with E-state index in [4.69, 9.17) is 11.6 Å². The van der Waals surface area contributed by atoms with E-state index in [1.165, 1.54) is 19.3 Å². The highest BCUT2D eigenvalue weighted by Gasteiger charge is 2.34. The zero-order valence-corrected chi connectivity index (χ0v) is 11.4. The molecule has 1 fully saturated rings. The highest BCUT2D eigenvalue weighted by molar-refractivity contribution is 6.31. The lowest BCUT2D eigenvalue weighted by atomic mass is 9.74. The first-order valence-electron chi connectivity index (χ1n) is 6.51. The molecule has 0 aliphatic heterocycles. The summed E-state index contributed by atoms with van der Waals surface area (Å²) < 4.78 is 0. The van der Waals surface area contributed by atoms with Gasteiger partial charge in [0.25, 0.3) is 0 Å². The van der Waals surface area contributed by atoms with Gasteiger partial charge in [-0.05, 0) is 49.8 Å². The molecule has 1 saturated carbocycles. The van der Waals surface area contributed by atoms with E-state index >= 15 is 0 Å². The summed E-state index contributed by atoms with van der Waals surface area (Å²) in [5.41, 5.74) is 1.28. The Balaban J connectivity index is 2.26. The number of aryl methyl sites for hydroxylation is 1. The lowest BCUT2D eigenvalue weighted by Gasteiger charge is -2.36. The molecule has 1 aromatic rings. The molecule has 0 spiro atoms. The minimum atomic E-state index is -0.738. The average molecular weight is 253 g/mol. The van der Waals surface area contributed by atoms with Crippen LogP contribution in [0.1, 0.15) is 50.2 Å². The zero-order chi connectivity index (χ0) is 12.5. The molecule has 0 amide bonds. The predicted octanol–water partition coefficient (Wildman–Crippen LogP) is 4.44. The van der Waals surface area contributed by atoms with Crippen molar-refractivity contribution in [2.45, 2.75) is 51.6 Å². The molecule has 0 bridgehead atoms.